The van der Waals surface area contributed by atoms with Crippen LogP contribution < -0.4 is 10.7 Å². The number of alkyl halides is 3. The highest BCUT2D eigenvalue weighted by Crippen LogP contribution is 2.30. The third-order valence-electron chi connectivity index (χ3n) is 5.10. The minimum Gasteiger partial charge on any atom is -0.320 e. The third-order valence-corrected chi connectivity index (χ3v) is 5.10. The molecule has 1 heterocycles. The molecule has 4 rings (SSSR count). The summed E-state index contributed by atoms with van der Waals surface area (Å²) < 4.78 is 40.3. The average Bonchev–Trinajstić information content (AvgIpc) is 3.15. The molecule has 1 aliphatic carbocycles. The lowest BCUT2D eigenvalue weighted by Gasteiger charge is -2.14. The van der Waals surface area contributed by atoms with Crippen molar-refractivity contribution in [1.29, 1.82) is 0 Å². The van der Waals surface area contributed by atoms with E-state index in [4.69, 9.17) is 0 Å². The lowest BCUT2D eigenvalue weighted by Crippen LogP contribution is -2.27. The lowest BCUT2D eigenvalue weighted by atomic mass is 10.1. The first-order valence-electron chi connectivity index (χ1n) is 9.44. The van der Waals surface area contributed by atoms with Gasteiger partial charge in [-0.05, 0) is 67.6 Å². The molecule has 0 bridgehead atoms. The summed E-state index contributed by atoms with van der Waals surface area (Å²) in [5.74, 6) is -0.710. The van der Waals surface area contributed by atoms with Crippen molar-refractivity contribution >= 4 is 11.6 Å². The normalized spacial score (nSPS) is 13.2. The number of aromatic nitrogens is 2. The van der Waals surface area contributed by atoms with Gasteiger partial charge in [-0.3, -0.25) is 9.59 Å². The first-order chi connectivity index (χ1) is 14.2. The molecule has 3 aromatic rings. The summed E-state index contributed by atoms with van der Waals surface area (Å²) >= 11 is 0. The molecule has 0 saturated carbocycles. The van der Waals surface area contributed by atoms with Crippen molar-refractivity contribution in [3.63, 3.8) is 0 Å². The number of carbonyl (C=O) groups is 1. The number of nitrogens with one attached hydrogen (secondary N) is 1. The zero-order chi connectivity index (χ0) is 21.5. The van der Waals surface area contributed by atoms with Gasteiger partial charge in [0.15, 0.2) is 5.69 Å². The molecule has 2 aromatic carbocycles. The van der Waals surface area contributed by atoms with E-state index in [0.29, 0.717) is 11.4 Å². The number of halogens is 3. The van der Waals surface area contributed by atoms with Crippen molar-refractivity contribution < 1.29 is 18.0 Å². The minimum absolute atomic E-state index is 0.105. The monoisotopic (exact) mass is 413 g/mol. The quantitative estimate of drug-likeness (QED) is 0.696. The second-order valence-electron chi connectivity index (χ2n) is 7.25. The fourth-order valence-electron chi connectivity index (χ4n) is 3.62. The number of aryl methyl sites for hydroxylation is 3. The molecule has 30 heavy (non-hydrogen) atoms. The molecule has 0 radical (unpaired) electrons. The molecule has 0 aliphatic heterocycles. The van der Waals surface area contributed by atoms with Gasteiger partial charge in [0.05, 0.1) is 11.3 Å². The van der Waals surface area contributed by atoms with Gasteiger partial charge in [-0.15, -0.1) is 0 Å². The summed E-state index contributed by atoms with van der Waals surface area (Å²) in [4.78, 5) is 25.0. The maximum Gasteiger partial charge on any atom is 0.416 e. The molecule has 0 spiro atoms. The van der Waals surface area contributed by atoms with Gasteiger partial charge in [0, 0.05) is 17.4 Å². The Labute approximate surface area is 170 Å². The maximum atomic E-state index is 13.0. The number of anilines is 1. The van der Waals surface area contributed by atoms with Crippen LogP contribution in [0.2, 0.25) is 0 Å². The highest BCUT2D eigenvalue weighted by atomic mass is 19.4. The first kappa shape index (κ1) is 19.9. The molecule has 1 aliphatic rings. The Balaban J connectivity index is 1.68. The van der Waals surface area contributed by atoms with Crippen molar-refractivity contribution in [3.05, 3.63) is 86.8 Å². The molecule has 1 amide bonds. The van der Waals surface area contributed by atoms with E-state index in [1.54, 1.807) is 6.07 Å². The third kappa shape index (κ3) is 3.85. The maximum absolute atomic E-state index is 13.0. The van der Waals surface area contributed by atoms with Gasteiger partial charge in [-0.25, -0.2) is 4.68 Å². The van der Waals surface area contributed by atoms with Crippen LogP contribution in [0.5, 0.6) is 0 Å². The number of hydrogen-bond donors (Lipinski definition) is 1. The molecule has 0 atom stereocenters. The van der Waals surface area contributed by atoms with E-state index in [2.05, 4.69) is 10.4 Å². The van der Waals surface area contributed by atoms with Gasteiger partial charge < -0.3 is 5.32 Å². The van der Waals surface area contributed by atoms with E-state index >= 15 is 0 Å². The molecule has 154 valence electrons. The Morgan fingerprint density at radius 1 is 1.07 bits per heavy atom. The van der Waals surface area contributed by atoms with E-state index in [0.717, 1.165) is 41.6 Å². The molecule has 8 heteroatoms. The van der Waals surface area contributed by atoms with Gasteiger partial charge in [0.25, 0.3) is 5.91 Å². The predicted octanol–water partition coefficient (Wildman–Crippen LogP) is 4.30. The van der Waals surface area contributed by atoms with Gasteiger partial charge in [-0.1, -0.05) is 12.1 Å². The van der Waals surface area contributed by atoms with Crippen molar-refractivity contribution in [1.82, 2.24) is 9.78 Å². The number of hydrogen-bond acceptors (Lipinski definition) is 3. The Morgan fingerprint density at radius 2 is 1.83 bits per heavy atom. The van der Waals surface area contributed by atoms with Crippen molar-refractivity contribution in [3.8, 4) is 5.69 Å². The van der Waals surface area contributed by atoms with Gasteiger partial charge in [-0.2, -0.15) is 18.3 Å². The summed E-state index contributed by atoms with van der Waals surface area (Å²) in [7, 11) is 0. The van der Waals surface area contributed by atoms with Crippen LogP contribution >= 0.6 is 0 Å². The summed E-state index contributed by atoms with van der Waals surface area (Å²) in [6.07, 6.45) is -1.51. The molecule has 1 N–H and O–H groups in total. The van der Waals surface area contributed by atoms with E-state index in [-0.39, 0.29) is 5.69 Å². The van der Waals surface area contributed by atoms with Crippen molar-refractivity contribution in [2.24, 2.45) is 0 Å². The molecule has 5 nitrogen and oxygen atoms in total. The summed E-state index contributed by atoms with van der Waals surface area (Å²) in [6.45, 7) is 1.54. The van der Waals surface area contributed by atoms with E-state index < -0.39 is 28.8 Å². The molecular weight excluding hydrogens is 395 g/mol. The van der Waals surface area contributed by atoms with E-state index in [1.807, 2.05) is 12.1 Å². The highest BCUT2D eigenvalue weighted by Gasteiger charge is 2.30. The smallest absolute Gasteiger partial charge is 0.320 e. The Hall–Kier alpha value is -3.42. The second-order valence-corrected chi connectivity index (χ2v) is 7.25. The van der Waals surface area contributed by atoms with Gasteiger partial charge >= 0.3 is 6.18 Å². The fourth-order valence-corrected chi connectivity index (χ4v) is 3.62. The fraction of sp³-hybridized carbons (Fsp3) is 0.227. The minimum atomic E-state index is -4.52. The van der Waals surface area contributed by atoms with E-state index in [1.165, 1.54) is 30.7 Å². The summed E-state index contributed by atoms with van der Waals surface area (Å²) in [6, 6.07) is 11.3. The Kier molecular flexibility index (Phi) is 4.93. The average molecular weight is 413 g/mol. The van der Waals surface area contributed by atoms with Crippen molar-refractivity contribution in [2.45, 2.75) is 32.4 Å². The number of amides is 1. The number of fused-ring (bicyclic) bond motifs is 1. The number of rotatable bonds is 3. The standard InChI is InChI=1S/C22H18F3N3O2/c1-13-10-19(29)20(21(30)26-17-9-8-14-4-2-5-15(14)11-17)27-28(13)18-7-3-6-16(12-18)22(23,24)25/h3,6-12H,2,4-5H2,1H3,(H,26,30). The van der Waals surface area contributed by atoms with Crippen LogP contribution in [0.1, 0.15) is 39.3 Å². The molecule has 0 saturated heterocycles. The van der Waals surface area contributed by atoms with Crippen LogP contribution in [-0.4, -0.2) is 15.7 Å². The van der Waals surface area contributed by atoms with Crippen LogP contribution in [0.3, 0.4) is 0 Å². The van der Waals surface area contributed by atoms with Crippen LogP contribution in [0.4, 0.5) is 18.9 Å². The summed E-state index contributed by atoms with van der Waals surface area (Å²) in [5.41, 5.74) is 1.53. The van der Waals surface area contributed by atoms with Crippen LogP contribution in [0.25, 0.3) is 5.69 Å². The lowest BCUT2D eigenvalue weighted by molar-refractivity contribution is -0.137. The topological polar surface area (TPSA) is 64.0 Å². The zero-order valence-corrected chi connectivity index (χ0v) is 16.1. The molecule has 1 aromatic heterocycles. The predicted molar refractivity (Wildman–Crippen MR) is 106 cm³/mol. The number of nitrogens with zero attached hydrogens (tertiary/aromatic N) is 2. The molecule has 0 fully saturated rings. The van der Waals surface area contributed by atoms with Crippen LogP contribution in [-0.2, 0) is 19.0 Å². The Bertz CT molecular complexity index is 1200. The summed E-state index contributed by atoms with van der Waals surface area (Å²) in [5, 5.41) is 6.73. The number of carbonyl (C=O) groups excluding carboxylic acids is 1. The Morgan fingerprint density at radius 3 is 2.60 bits per heavy atom. The van der Waals surface area contributed by atoms with Crippen molar-refractivity contribution in [2.75, 3.05) is 5.32 Å². The molecule has 0 unspecified atom stereocenters. The first-order valence-corrected chi connectivity index (χ1v) is 9.44. The largest absolute Gasteiger partial charge is 0.416 e. The van der Waals surface area contributed by atoms with Gasteiger partial charge in [0.1, 0.15) is 0 Å². The molecular formula is C22H18F3N3O2. The van der Waals surface area contributed by atoms with E-state index in [9.17, 15) is 22.8 Å². The zero-order valence-electron chi connectivity index (χ0n) is 16.1. The SMILES string of the molecule is Cc1cc(=O)c(C(=O)Nc2ccc3c(c2)CCC3)nn1-c1cccc(C(F)(F)F)c1. The van der Waals surface area contributed by atoms with Crippen LogP contribution in [0, 0.1) is 6.92 Å². The number of benzene rings is 2. The highest BCUT2D eigenvalue weighted by molar-refractivity contribution is 6.02. The second kappa shape index (κ2) is 7.44. The van der Waals surface area contributed by atoms with Gasteiger partial charge in [0.2, 0.25) is 5.43 Å². The van der Waals surface area contributed by atoms with Crippen LogP contribution in [0.15, 0.2) is 53.3 Å².